The fraction of sp³-hybridized carbons (Fsp3) is 1.00. The molecule has 9 heteroatoms. The van der Waals surface area contributed by atoms with Gasteiger partial charge in [-0.1, -0.05) is 0 Å². The van der Waals surface area contributed by atoms with Crippen LogP contribution in [0.3, 0.4) is 0 Å². The SMILES string of the molecule is CS(=O)(=O)OCCNP(=O)(O)O. The molecule has 3 N–H and O–H groups in total. The fourth-order valence-electron chi connectivity index (χ4n) is 0.384. The van der Waals surface area contributed by atoms with Gasteiger partial charge < -0.3 is 9.79 Å². The molecule has 0 unspecified atom stereocenters. The molecule has 0 spiro atoms. The van der Waals surface area contributed by atoms with E-state index in [9.17, 15) is 13.0 Å². The van der Waals surface area contributed by atoms with E-state index in [1.54, 1.807) is 5.09 Å². The maximum atomic E-state index is 10.3. The van der Waals surface area contributed by atoms with Crippen molar-refractivity contribution in [2.24, 2.45) is 0 Å². The van der Waals surface area contributed by atoms with Crippen molar-refractivity contribution < 1.29 is 27.0 Å². The van der Waals surface area contributed by atoms with Gasteiger partial charge in [0, 0.05) is 6.54 Å². The molecule has 0 heterocycles. The Morgan fingerprint density at radius 1 is 1.50 bits per heavy atom. The van der Waals surface area contributed by atoms with E-state index in [1.807, 2.05) is 0 Å². The van der Waals surface area contributed by atoms with Crippen molar-refractivity contribution >= 4 is 17.9 Å². The summed E-state index contributed by atoms with van der Waals surface area (Å²) in [5, 5.41) is 1.77. The van der Waals surface area contributed by atoms with Crippen LogP contribution in [-0.2, 0) is 18.9 Å². The molecule has 0 fully saturated rings. The van der Waals surface area contributed by atoms with Gasteiger partial charge in [0.1, 0.15) is 0 Å². The van der Waals surface area contributed by atoms with Crippen LogP contribution in [0.5, 0.6) is 0 Å². The van der Waals surface area contributed by atoms with Crippen LogP contribution < -0.4 is 5.09 Å². The lowest BCUT2D eigenvalue weighted by Crippen LogP contribution is -2.18. The van der Waals surface area contributed by atoms with Crippen LogP contribution in [0.4, 0.5) is 0 Å². The Morgan fingerprint density at radius 3 is 2.33 bits per heavy atom. The van der Waals surface area contributed by atoms with Crippen LogP contribution in [0.15, 0.2) is 0 Å². The molecular weight excluding hydrogens is 209 g/mol. The van der Waals surface area contributed by atoms with Gasteiger partial charge in [-0.25, -0.2) is 9.65 Å². The lowest BCUT2D eigenvalue weighted by molar-refractivity contribution is 0.310. The van der Waals surface area contributed by atoms with Gasteiger partial charge >= 0.3 is 7.75 Å². The second-order valence-electron chi connectivity index (χ2n) is 1.98. The summed E-state index contributed by atoms with van der Waals surface area (Å²) in [5.74, 6) is 0. The molecule has 0 rings (SSSR count). The Labute approximate surface area is 70.1 Å². The first-order valence-corrected chi connectivity index (χ1v) is 6.29. The quantitative estimate of drug-likeness (QED) is 0.297. The van der Waals surface area contributed by atoms with Crippen molar-refractivity contribution in [2.45, 2.75) is 0 Å². The molecule has 0 aromatic heterocycles. The minimum absolute atomic E-state index is 0.225. The number of hydrogen-bond donors (Lipinski definition) is 3. The van der Waals surface area contributed by atoms with E-state index < -0.39 is 17.9 Å². The van der Waals surface area contributed by atoms with Crippen molar-refractivity contribution in [1.29, 1.82) is 0 Å². The Hall–Kier alpha value is 0.0200. The van der Waals surface area contributed by atoms with Gasteiger partial charge in [0.25, 0.3) is 10.1 Å². The Balaban J connectivity index is 3.55. The standard InChI is InChI=1S/C3H10NO6PS/c1-12(8,9)10-3-2-4-11(5,6)7/h2-3H2,1H3,(H3,4,5,6,7). The summed E-state index contributed by atoms with van der Waals surface area (Å²) < 4.78 is 34.9. The van der Waals surface area contributed by atoms with Crippen LogP contribution in [-0.4, -0.2) is 37.6 Å². The van der Waals surface area contributed by atoms with Crippen LogP contribution in [0.2, 0.25) is 0 Å². The zero-order valence-corrected chi connectivity index (χ0v) is 8.01. The van der Waals surface area contributed by atoms with E-state index in [4.69, 9.17) is 9.79 Å². The van der Waals surface area contributed by atoms with Crippen molar-refractivity contribution in [3.05, 3.63) is 0 Å². The first kappa shape index (κ1) is 12.0. The smallest absolute Gasteiger partial charge is 0.313 e. The van der Waals surface area contributed by atoms with E-state index in [-0.39, 0.29) is 13.2 Å². The summed E-state index contributed by atoms with van der Waals surface area (Å²) in [4.78, 5) is 16.5. The molecule has 0 bridgehead atoms. The third-order valence-electron chi connectivity index (χ3n) is 0.717. The van der Waals surface area contributed by atoms with E-state index in [1.165, 1.54) is 0 Å². The third-order valence-corrected chi connectivity index (χ3v) is 1.95. The van der Waals surface area contributed by atoms with Gasteiger partial charge in [0.2, 0.25) is 0 Å². The molecule has 7 nitrogen and oxygen atoms in total. The number of nitrogens with one attached hydrogen (secondary N) is 1. The van der Waals surface area contributed by atoms with Crippen molar-refractivity contribution in [1.82, 2.24) is 5.09 Å². The van der Waals surface area contributed by atoms with Gasteiger partial charge in [-0.3, -0.25) is 4.18 Å². The first-order valence-electron chi connectivity index (χ1n) is 2.86. The van der Waals surface area contributed by atoms with Crippen molar-refractivity contribution in [2.75, 3.05) is 19.4 Å². The van der Waals surface area contributed by atoms with E-state index in [0.29, 0.717) is 0 Å². The molecule has 12 heavy (non-hydrogen) atoms. The molecule has 0 amide bonds. The molecule has 0 radical (unpaired) electrons. The molecule has 0 aliphatic carbocycles. The van der Waals surface area contributed by atoms with Crippen molar-refractivity contribution in [3.63, 3.8) is 0 Å². The van der Waals surface area contributed by atoms with E-state index in [0.717, 1.165) is 6.26 Å². The van der Waals surface area contributed by atoms with Gasteiger partial charge in [-0.05, 0) is 0 Å². The highest BCUT2D eigenvalue weighted by Gasteiger charge is 2.11. The van der Waals surface area contributed by atoms with Gasteiger partial charge in [-0.15, -0.1) is 0 Å². The normalized spacial score (nSPS) is 13.2. The predicted molar refractivity (Wildman–Crippen MR) is 40.8 cm³/mol. The second kappa shape index (κ2) is 4.31. The summed E-state index contributed by atoms with van der Waals surface area (Å²) in [6.07, 6.45) is 0.852. The van der Waals surface area contributed by atoms with Crippen LogP contribution in [0.1, 0.15) is 0 Å². The van der Waals surface area contributed by atoms with Gasteiger partial charge in [-0.2, -0.15) is 8.42 Å². The molecule has 0 aliphatic rings. The van der Waals surface area contributed by atoms with Gasteiger partial charge in [0.05, 0.1) is 12.9 Å². The number of hydrogen-bond acceptors (Lipinski definition) is 4. The monoisotopic (exact) mass is 219 g/mol. The molecule has 0 saturated carbocycles. The lowest BCUT2D eigenvalue weighted by Gasteiger charge is -2.04. The fourth-order valence-corrected chi connectivity index (χ4v) is 1.15. The van der Waals surface area contributed by atoms with E-state index in [2.05, 4.69) is 4.18 Å². The highest BCUT2D eigenvalue weighted by molar-refractivity contribution is 7.85. The highest BCUT2D eigenvalue weighted by atomic mass is 32.2. The highest BCUT2D eigenvalue weighted by Crippen LogP contribution is 2.27. The van der Waals surface area contributed by atoms with Crippen LogP contribution >= 0.6 is 7.75 Å². The lowest BCUT2D eigenvalue weighted by atomic mass is 10.8. The Morgan fingerprint density at radius 2 is 2.00 bits per heavy atom. The molecule has 0 aliphatic heterocycles. The molecule has 0 atom stereocenters. The molecule has 0 aromatic rings. The summed E-state index contributed by atoms with van der Waals surface area (Å²) in [5.41, 5.74) is 0. The maximum Gasteiger partial charge on any atom is 0.400 e. The zero-order chi connectivity index (χ0) is 9.83. The minimum Gasteiger partial charge on any atom is -0.313 e. The van der Waals surface area contributed by atoms with E-state index >= 15 is 0 Å². The largest absolute Gasteiger partial charge is 0.400 e. The molecular formula is C3H10NO6PS. The zero-order valence-electron chi connectivity index (χ0n) is 6.30. The summed E-state index contributed by atoms with van der Waals surface area (Å²) in [6.45, 7) is -0.526. The first-order chi connectivity index (χ1) is 5.21. The maximum absolute atomic E-state index is 10.3. The third kappa shape index (κ3) is 10.0. The van der Waals surface area contributed by atoms with Crippen molar-refractivity contribution in [3.8, 4) is 0 Å². The number of rotatable bonds is 5. The summed E-state index contributed by atoms with van der Waals surface area (Å²) in [6, 6.07) is 0. The van der Waals surface area contributed by atoms with Crippen LogP contribution in [0, 0.1) is 0 Å². The van der Waals surface area contributed by atoms with Gasteiger partial charge in [0.15, 0.2) is 0 Å². The summed E-state index contributed by atoms with van der Waals surface area (Å²) >= 11 is 0. The summed E-state index contributed by atoms with van der Waals surface area (Å²) in [7, 11) is -7.81. The van der Waals surface area contributed by atoms with Crippen LogP contribution in [0.25, 0.3) is 0 Å². The minimum atomic E-state index is -4.27. The Kier molecular flexibility index (Phi) is 4.32. The second-order valence-corrected chi connectivity index (χ2v) is 5.03. The molecule has 0 saturated heterocycles. The topological polar surface area (TPSA) is 113 Å². The average Bonchev–Trinajstić information content (AvgIpc) is 1.76. The Bertz CT molecular complexity index is 267. The molecule has 0 aromatic carbocycles. The predicted octanol–water partition coefficient (Wildman–Crippen LogP) is -1.36. The average molecular weight is 219 g/mol. The molecule has 74 valence electrons.